The van der Waals surface area contributed by atoms with E-state index >= 15 is 0 Å². The first-order chi connectivity index (χ1) is 12.0. The zero-order valence-electron chi connectivity index (χ0n) is 14.3. The van der Waals surface area contributed by atoms with E-state index in [1.54, 1.807) is 10.9 Å². The van der Waals surface area contributed by atoms with Crippen LogP contribution in [0, 0.1) is 0 Å². The number of carboxylic acids is 1. The lowest BCUT2D eigenvalue weighted by Gasteiger charge is -2.25. The number of aromatic amines is 1. The van der Waals surface area contributed by atoms with Crippen LogP contribution in [-0.4, -0.2) is 49.5 Å². The van der Waals surface area contributed by atoms with Crippen LogP contribution in [0.5, 0.6) is 0 Å². The number of hydrogen-bond donors (Lipinski definition) is 2. The monoisotopic (exact) mass is 339 g/mol. The summed E-state index contributed by atoms with van der Waals surface area (Å²) in [6.45, 7) is 0.630. The topological polar surface area (TPSA) is 87.0 Å². The summed E-state index contributed by atoms with van der Waals surface area (Å²) in [5.41, 5.74) is 3.73. The van der Waals surface area contributed by atoms with Gasteiger partial charge in [-0.2, -0.15) is 10.2 Å². The number of aromatic nitrogens is 4. The number of carbonyl (C=O) groups is 1. The highest BCUT2D eigenvalue weighted by atomic mass is 16.4. The molecule has 0 aliphatic carbocycles. The third-order valence-electron chi connectivity index (χ3n) is 4.22. The Morgan fingerprint density at radius 1 is 1.32 bits per heavy atom. The molecule has 0 saturated carbocycles. The van der Waals surface area contributed by atoms with Crippen molar-refractivity contribution in [2.45, 2.75) is 12.5 Å². The molecule has 0 aliphatic rings. The highest BCUT2D eigenvalue weighted by Crippen LogP contribution is 2.24. The van der Waals surface area contributed by atoms with Crippen molar-refractivity contribution in [3.63, 3.8) is 0 Å². The lowest BCUT2D eigenvalue weighted by atomic mass is 10.0. The van der Waals surface area contributed by atoms with Gasteiger partial charge in [0, 0.05) is 26.0 Å². The Morgan fingerprint density at radius 2 is 2.08 bits per heavy atom. The maximum Gasteiger partial charge on any atom is 0.325 e. The summed E-state index contributed by atoms with van der Waals surface area (Å²) in [5.74, 6) is -0.858. The van der Waals surface area contributed by atoms with Crippen molar-refractivity contribution in [1.82, 2.24) is 24.9 Å². The molecule has 0 unspecified atom stereocenters. The molecule has 25 heavy (non-hydrogen) atoms. The lowest BCUT2D eigenvalue weighted by Crippen LogP contribution is -2.32. The van der Waals surface area contributed by atoms with Crippen molar-refractivity contribution < 1.29 is 9.90 Å². The summed E-state index contributed by atoms with van der Waals surface area (Å²) >= 11 is 0. The SMILES string of the molecule is CN(CCc1cnn(C)c1)[C@H](C(=O)O)c1ccc(-c2ccn[nH]2)cc1. The van der Waals surface area contributed by atoms with E-state index < -0.39 is 12.0 Å². The van der Waals surface area contributed by atoms with Gasteiger partial charge in [0.05, 0.1) is 11.9 Å². The van der Waals surface area contributed by atoms with Gasteiger partial charge in [0.2, 0.25) is 0 Å². The molecule has 1 atom stereocenters. The average molecular weight is 339 g/mol. The van der Waals surface area contributed by atoms with E-state index in [1.807, 2.05) is 61.7 Å². The summed E-state index contributed by atoms with van der Waals surface area (Å²) in [6, 6.07) is 8.73. The van der Waals surface area contributed by atoms with Gasteiger partial charge in [0.15, 0.2) is 0 Å². The van der Waals surface area contributed by atoms with E-state index in [9.17, 15) is 9.90 Å². The van der Waals surface area contributed by atoms with Crippen LogP contribution in [-0.2, 0) is 18.3 Å². The van der Waals surface area contributed by atoms with Crippen molar-refractivity contribution in [2.24, 2.45) is 7.05 Å². The number of aryl methyl sites for hydroxylation is 1. The molecule has 0 radical (unpaired) electrons. The molecular weight excluding hydrogens is 318 g/mol. The first-order valence-corrected chi connectivity index (χ1v) is 8.05. The largest absolute Gasteiger partial charge is 0.480 e. The molecule has 2 N–H and O–H groups in total. The van der Waals surface area contributed by atoms with Gasteiger partial charge in [-0.05, 0) is 36.2 Å². The molecule has 0 saturated heterocycles. The van der Waals surface area contributed by atoms with Crippen molar-refractivity contribution in [1.29, 1.82) is 0 Å². The maximum absolute atomic E-state index is 11.8. The first-order valence-electron chi connectivity index (χ1n) is 8.05. The van der Waals surface area contributed by atoms with Gasteiger partial charge in [-0.3, -0.25) is 19.5 Å². The highest BCUT2D eigenvalue weighted by molar-refractivity contribution is 5.76. The van der Waals surface area contributed by atoms with Crippen LogP contribution in [0.15, 0.2) is 48.9 Å². The van der Waals surface area contributed by atoms with Crippen LogP contribution in [0.3, 0.4) is 0 Å². The second kappa shape index (κ2) is 7.31. The predicted octanol–water partition coefficient (Wildman–Crippen LogP) is 2.11. The minimum Gasteiger partial charge on any atom is -0.480 e. The van der Waals surface area contributed by atoms with E-state index in [4.69, 9.17) is 0 Å². The Kier molecular flexibility index (Phi) is 4.95. The number of rotatable bonds is 7. The predicted molar refractivity (Wildman–Crippen MR) is 93.9 cm³/mol. The van der Waals surface area contributed by atoms with Crippen LogP contribution in [0.25, 0.3) is 11.3 Å². The Labute approximate surface area is 145 Å². The fraction of sp³-hybridized carbons (Fsp3) is 0.278. The van der Waals surface area contributed by atoms with Crippen LogP contribution < -0.4 is 0 Å². The second-order valence-electron chi connectivity index (χ2n) is 6.09. The quantitative estimate of drug-likeness (QED) is 0.688. The number of H-pyrrole nitrogens is 1. The minimum absolute atomic E-state index is 0.630. The van der Waals surface area contributed by atoms with Gasteiger partial charge < -0.3 is 5.11 Å². The average Bonchev–Trinajstić information content (AvgIpc) is 3.25. The van der Waals surface area contributed by atoms with E-state index in [-0.39, 0.29) is 0 Å². The number of carboxylic acid groups (broad SMARTS) is 1. The van der Waals surface area contributed by atoms with Crippen LogP contribution in [0.4, 0.5) is 0 Å². The van der Waals surface area contributed by atoms with Gasteiger partial charge in [-0.1, -0.05) is 24.3 Å². The molecule has 3 aromatic rings. The Morgan fingerprint density at radius 3 is 2.64 bits per heavy atom. The van der Waals surface area contributed by atoms with E-state index in [0.717, 1.165) is 28.8 Å². The molecule has 0 amide bonds. The Hall–Kier alpha value is -2.93. The van der Waals surface area contributed by atoms with Gasteiger partial charge in [-0.15, -0.1) is 0 Å². The molecule has 7 heteroatoms. The lowest BCUT2D eigenvalue weighted by molar-refractivity contribution is -0.143. The van der Waals surface area contributed by atoms with E-state index in [1.165, 1.54) is 0 Å². The van der Waals surface area contributed by atoms with E-state index in [0.29, 0.717) is 6.54 Å². The molecule has 7 nitrogen and oxygen atoms in total. The summed E-state index contributed by atoms with van der Waals surface area (Å²) < 4.78 is 1.75. The van der Waals surface area contributed by atoms with Crippen LogP contribution in [0.1, 0.15) is 17.2 Å². The van der Waals surface area contributed by atoms with Gasteiger partial charge >= 0.3 is 5.97 Å². The molecule has 0 bridgehead atoms. The first kappa shape index (κ1) is 16.9. The van der Waals surface area contributed by atoms with Crippen molar-refractivity contribution in [3.8, 4) is 11.3 Å². The standard InChI is InChI=1S/C18H21N5O2/c1-22(10-8-13-11-20-23(2)12-13)17(18(24)25)15-5-3-14(4-6-15)16-7-9-19-21-16/h3-7,9,11-12,17H,8,10H2,1-2H3,(H,19,21)(H,24,25)/t17-/m0/s1. The highest BCUT2D eigenvalue weighted by Gasteiger charge is 2.24. The third kappa shape index (κ3) is 3.95. The minimum atomic E-state index is -0.858. The Bertz CT molecular complexity index is 824. The van der Waals surface area contributed by atoms with Crippen LogP contribution in [0.2, 0.25) is 0 Å². The van der Waals surface area contributed by atoms with Gasteiger partial charge in [0.1, 0.15) is 6.04 Å². The Balaban J connectivity index is 1.72. The number of aliphatic carboxylic acids is 1. The van der Waals surface area contributed by atoms with Gasteiger partial charge in [-0.25, -0.2) is 0 Å². The normalized spacial score (nSPS) is 12.4. The zero-order valence-corrected chi connectivity index (χ0v) is 14.3. The molecule has 2 heterocycles. The molecule has 2 aromatic heterocycles. The molecule has 130 valence electrons. The fourth-order valence-corrected chi connectivity index (χ4v) is 2.88. The van der Waals surface area contributed by atoms with Crippen LogP contribution >= 0.6 is 0 Å². The molecule has 1 aromatic carbocycles. The summed E-state index contributed by atoms with van der Waals surface area (Å²) in [4.78, 5) is 13.6. The van der Waals surface area contributed by atoms with Crippen molar-refractivity contribution in [3.05, 3.63) is 60.0 Å². The number of hydrogen-bond acceptors (Lipinski definition) is 4. The molecule has 0 spiro atoms. The number of nitrogens with zero attached hydrogens (tertiary/aromatic N) is 4. The summed E-state index contributed by atoms with van der Waals surface area (Å²) in [5, 5.41) is 20.7. The van der Waals surface area contributed by atoms with Gasteiger partial charge in [0.25, 0.3) is 0 Å². The summed E-state index contributed by atoms with van der Waals surface area (Å²) in [6.07, 6.45) is 6.20. The fourth-order valence-electron chi connectivity index (χ4n) is 2.88. The summed E-state index contributed by atoms with van der Waals surface area (Å²) in [7, 11) is 3.70. The van der Waals surface area contributed by atoms with Crippen molar-refractivity contribution >= 4 is 5.97 Å². The molecule has 0 fully saturated rings. The third-order valence-corrected chi connectivity index (χ3v) is 4.22. The number of benzene rings is 1. The van der Waals surface area contributed by atoms with E-state index in [2.05, 4.69) is 15.3 Å². The maximum atomic E-state index is 11.8. The second-order valence-corrected chi connectivity index (χ2v) is 6.09. The molecule has 3 rings (SSSR count). The number of nitrogens with one attached hydrogen (secondary N) is 1. The zero-order chi connectivity index (χ0) is 17.8. The smallest absolute Gasteiger partial charge is 0.325 e. The van der Waals surface area contributed by atoms with Crippen molar-refractivity contribution in [2.75, 3.05) is 13.6 Å². The number of likely N-dealkylation sites (N-methyl/N-ethyl adjacent to an activating group) is 1. The molecule has 0 aliphatic heterocycles. The molecular formula is C18H21N5O2.